The molecule has 0 aliphatic rings. The van der Waals surface area contributed by atoms with Crippen molar-refractivity contribution in [3.8, 4) is 6.07 Å². The SMILES string of the molecule is CS(=O)(=O)Nc1ccc(/N=N/c2ccccc2C#N)c2ccc(S(=O)(=O)O)cc12. The fourth-order valence-corrected chi connectivity index (χ4v) is 3.70. The summed E-state index contributed by atoms with van der Waals surface area (Å²) < 4.78 is 57.9. The maximum atomic E-state index is 11.6. The van der Waals surface area contributed by atoms with Gasteiger partial charge >= 0.3 is 0 Å². The molecule has 0 radical (unpaired) electrons. The third-order valence-electron chi connectivity index (χ3n) is 3.85. The van der Waals surface area contributed by atoms with Crippen LogP contribution in [-0.4, -0.2) is 27.6 Å². The predicted octanol–water partition coefficient (Wildman–Crippen LogP) is 3.75. The second-order valence-corrected chi connectivity index (χ2v) is 9.19. The van der Waals surface area contributed by atoms with Crippen LogP contribution in [0.2, 0.25) is 0 Å². The van der Waals surface area contributed by atoms with Gasteiger partial charge in [-0.1, -0.05) is 18.2 Å². The molecule has 0 aliphatic heterocycles. The molecule has 0 aromatic heterocycles. The van der Waals surface area contributed by atoms with Crippen molar-refractivity contribution in [1.82, 2.24) is 0 Å². The van der Waals surface area contributed by atoms with Gasteiger partial charge in [-0.05, 0) is 36.4 Å². The molecule has 0 saturated heterocycles. The molecule has 0 unspecified atom stereocenters. The summed E-state index contributed by atoms with van der Waals surface area (Å²) in [5, 5.41) is 17.9. The van der Waals surface area contributed by atoms with E-state index in [1.165, 1.54) is 24.3 Å². The van der Waals surface area contributed by atoms with Gasteiger partial charge in [-0.25, -0.2) is 8.42 Å². The minimum Gasteiger partial charge on any atom is -0.283 e. The first-order chi connectivity index (χ1) is 13.6. The third-order valence-corrected chi connectivity index (χ3v) is 5.29. The van der Waals surface area contributed by atoms with Gasteiger partial charge < -0.3 is 0 Å². The molecule has 0 aliphatic carbocycles. The Labute approximate surface area is 167 Å². The number of rotatable bonds is 5. The number of benzene rings is 3. The molecule has 2 N–H and O–H groups in total. The van der Waals surface area contributed by atoms with E-state index in [2.05, 4.69) is 15.0 Å². The number of nitrogens with one attached hydrogen (secondary N) is 1. The van der Waals surface area contributed by atoms with E-state index in [-0.39, 0.29) is 11.1 Å². The zero-order chi connectivity index (χ0) is 21.2. The molecule has 0 atom stereocenters. The van der Waals surface area contributed by atoms with Gasteiger partial charge in [-0.3, -0.25) is 9.27 Å². The average molecular weight is 430 g/mol. The van der Waals surface area contributed by atoms with Crippen molar-refractivity contribution in [2.24, 2.45) is 10.2 Å². The topological polar surface area (TPSA) is 149 Å². The maximum Gasteiger partial charge on any atom is 0.294 e. The van der Waals surface area contributed by atoms with Crippen molar-refractivity contribution >= 4 is 48.0 Å². The summed E-state index contributed by atoms with van der Waals surface area (Å²) in [5.41, 5.74) is 1.10. The first kappa shape index (κ1) is 20.4. The molecule has 0 fully saturated rings. The lowest BCUT2D eigenvalue weighted by Crippen LogP contribution is -2.10. The van der Waals surface area contributed by atoms with E-state index in [1.54, 1.807) is 24.3 Å². The molecule has 0 heterocycles. The van der Waals surface area contributed by atoms with E-state index in [0.29, 0.717) is 22.3 Å². The minimum absolute atomic E-state index is 0.115. The number of hydrogen-bond donors (Lipinski definition) is 2. The molecule has 0 bridgehead atoms. The molecule has 148 valence electrons. The zero-order valence-electron chi connectivity index (χ0n) is 14.9. The van der Waals surface area contributed by atoms with Gasteiger partial charge in [-0.15, -0.1) is 10.2 Å². The van der Waals surface area contributed by atoms with E-state index in [9.17, 15) is 21.4 Å². The summed E-state index contributed by atoms with van der Waals surface area (Å²) in [6.45, 7) is 0. The predicted molar refractivity (Wildman–Crippen MR) is 108 cm³/mol. The second-order valence-electron chi connectivity index (χ2n) is 6.02. The molecule has 0 spiro atoms. The fraction of sp³-hybridized carbons (Fsp3) is 0.0556. The summed E-state index contributed by atoms with van der Waals surface area (Å²) in [4.78, 5) is -0.398. The van der Waals surface area contributed by atoms with E-state index in [0.717, 1.165) is 12.3 Å². The average Bonchev–Trinajstić information content (AvgIpc) is 2.65. The standard InChI is InChI=1S/C18H14N4O5S2/c1-28(23,24)22-18-9-8-17(21-20-16-5-3-2-4-12(16)11-19)14-7-6-13(10-15(14)18)29(25,26)27/h2-10,22H,1H3,(H,25,26,27)/b21-20+. The highest BCUT2D eigenvalue weighted by molar-refractivity contribution is 7.92. The summed E-state index contributed by atoms with van der Waals surface area (Å²) in [5.74, 6) is 0. The molecule has 3 rings (SSSR count). The molecule has 0 saturated carbocycles. The fourth-order valence-electron chi connectivity index (χ4n) is 2.61. The summed E-state index contributed by atoms with van der Waals surface area (Å²) in [6, 6.07) is 15.2. The van der Waals surface area contributed by atoms with Crippen LogP contribution in [0.1, 0.15) is 5.56 Å². The number of nitrogens with zero attached hydrogens (tertiary/aromatic N) is 3. The number of sulfonamides is 1. The summed E-state index contributed by atoms with van der Waals surface area (Å²) in [6.07, 6.45) is 0.956. The van der Waals surface area contributed by atoms with Crippen LogP contribution in [0, 0.1) is 11.3 Å². The van der Waals surface area contributed by atoms with Gasteiger partial charge in [0.1, 0.15) is 11.8 Å². The van der Waals surface area contributed by atoms with Gasteiger partial charge in [0.25, 0.3) is 10.1 Å². The highest BCUT2D eigenvalue weighted by Gasteiger charge is 2.15. The van der Waals surface area contributed by atoms with Crippen molar-refractivity contribution < 1.29 is 21.4 Å². The zero-order valence-corrected chi connectivity index (χ0v) is 16.6. The van der Waals surface area contributed by atoms with Crippen molar-refractivity contribution in [3.05, 3.63) is 60.2 Å². The van der Waals surface area contributed by atoms with Crippen LogP contribution < -0.4 is 4.72 Å². The van der Waals surface area contributed by atoms with Gasteiger partial charge in [0.2, 0.25) is 10.0 Å². The Bertz CT molecular complexity index is 1390. The molecular formula is C18H14N4O5S2. The van der Waals surface area contributed by atoms with E-state index < -0.39 is 25.0 Å². The molecule has 29 heavy (non-hydrogen) atoms. The lowest BCUT2D eigenvalue weighted by Gasteiger charge is -2.11. The molecular weight excluding hydrogens is 416 g/mol. The Morgan fingerprint density at radius 1 is 0.931 bits per heavy atom. The molecule has 11 heteroatoms. The smallest absolute Gasteiger partial charge is 0.283 e. The van der Waals surface area contributed by atoms with Crippen LogP contribution >= 0.6 is 0 Å². The maximum absolute atomic E-state index is 11.6. The Balaban J connectivity index is 2.20. The minimum atomic E-state index is -4.50. The lowest BCUT2D eigenvalue weighted by molar-refractivity contribution is 0.483. The van der Waals surface area contributed by atoms with Crippen molar-refractivity contribution in [3.63, 3.8) is 0 Å². The van der Waals surface area contributed by atoms with E-state index in [4.69, 9.17) is 5.26 Å². The van der Waals surface area contributed by atoms with Crippen LogP contribution in [0.4, 0.5) is 17.1 Å². The largest absolute Gasteiger partial charge is 0.294 e. The van der Waals surface area contributed by atoms with Gasteiger partial charge in [0.15, 0.2) is 0 Å². The van der Waals surface area contributed by atoms with Gasteiger partial charge in [-0.2, -0.15) is 13.7 Å². The first-order valence-electron chi connectivity index (χ1n) is 8.01. The Morgan fingerprint density at radius 3 is 2.28 bits per heavy atom. The molecule has 3 aromatic carbocycles. The highest BCUT2D eigenvalue weighted by atomic mass is 32.2. The Hall–Kier alpha value is -3.33. The molecule has 0 amide bonds. The molecule has 3 aromatic rings. The van der Waals surface area contributed by atoms with Crippen molar-refractivity contribution in [1.29, 1.82) is 5.26 Å². The Kier molecular flexibility index (Phi) is 5.34. The van der Waals surface area contributed by atoms with Crippen molar-refractivity contribution in [2.75, 3.05) is 11.0 Å². The van der Waals surface area contributed by atoms with Crippen LogP contribution in [0.15, 0.2) is 69.7 Å². The van der Waals surface area contributed by atoms with Crippen LogP contribution in [0.5, 0.6) is 0 Å². The van der Waals surface area contributed by atoms with Crippen LogP contribution in [0.25, 0.3) is 10.8 Å². The van der Waals surface area contributed by atoms with Crippen LogP contribution in [-0.2, 0) is 20.1 Å². The van der Waals surface area contributed by atoms with Crippen LogP contribution in [0.3, 0.4) is 0 Å². The Morgan fingerprint density at radius 2 is 1.62 bits per heavy atom. The normalized spacial score (nSPS) is 12.2. The number of fused-ring (bicyclic) bond motifs is 1. The van der Waals surface area contributed by atoms with E-state index in [1.807, 2.05) is 6.07 Å². The summed E-state index contributed by atoms with van der Waals surface area (Å²) >= 11 is 0. The van der Waals surface area contributed by atoms with Crippen molar-refractivity contribution in [2.45, 2.75) is 4.90 Å². The monoisotopic (exact) mass is 430 g/mol. The van der Waals surface area contributed by atoms with Gasteiger partial charge in [0, 0.05) is 10.8 Å². The number of azo groups is 1. The number of hydrogen-bond acceptors (Lipinski definition) is 7. The first-order valence-corrected chi connectivity index (χ1v) is 11.3. The number of anilines is 1. The second kappa shape index (κ2) is 7.59. The number of nitriles is 1. The van der Waals surface area contributed by atoms with E-state index >= 15 is 0 Å². The highest BCUT2D eigenvalue weighted by Crippen LogP contribution is 2.35. The quantitative estimate of drug-likeness (QED) is 0.465. The third kappa shape index (κ3) is 4.75. The summed E-state index contributed by atoms with van der Waals surface area (Å²) in [7, 11) is -8.15. The molecule has 9 nitrogen and oxygen atoms in total. The lowest BCUT2D eigenvalue weighted by atomic mass is 10.1. The van der Waals surface area contributed by atoms with Gasteiger partial charge in [0.05, 0.1) is 28.1 Å².